The highest BCUT2D eigenvalue weighted by molar-refractivity contribution is 7.84. The van der Waals surface area contributed by atoms with Crippen molar-refractivity contribution in [1.29, 1.82) is 0 Å². The van der Waals surface area contributed by atoms with Crippen molar-refractivity contribution in [3.05, 3.63) is 191 Å². The normalized spacial score (nSPS) is 12.5. The molecule has 20 nitrogen and oxygen atoms in total. The lowest BCUT2D eigenvalue weighted by Crippen LogP contribution is -2.05. The van der Waals surface area contributed by atoms with E-state index < -0.39 is 43.2 Å². The van der Waals surface area contributed by atoms with E-state index in [1.807, 2.05) is 149 Å². The zero-order chi connectivity index (χ0) is 59.3. The number of hydrogen-bond acceptors (Lipinski definition) is 16. The Morgan fingerprint density at radius 1 is 0.381 bits per heavy atom. The zero-order valence-corrected chi connectivity index (χ0v) is 50.4. The number of aromatic nitrogens is 12. The second-order valence-electron chi connectivity index (χ2n) is 18.7. The number of H-pyrrole nitrogens is 4. The van der Waals surface area contributed by atoms with Crippen LogP contribution in [0.25, 0.3) is 44.1 Å². The first-order valence-corrected chi connectivity index (χ1v) is 31.3. The van der Waals surface area contributed by atoms with E-state index in [-0.39, 0.29) is 11.5 Å². The zero-order valence-electron chi connectivity index (χ0n) is 47.2. The maximum Gasteiger partial charge on any atom is 0.197 e. The summed E-state index contributed by atoms with van der Waals surface area (Å²) in [5.74, 6) is 4.33. The van der Waals surface area contributed by atoms with Crippen molar-refractivity contribution in [3.63, 3.8) is 0 Å². The van der Waals surface area contributed by atoms with Crippen molar-refractivity contribution in [1.82, 2.24) is 59.8 Å². The molecule has 0 saturated carbocycles. The quantitative estimate of drug-likeness (QED) is 0.0700. The Kier molecular flexibility index (Phi) is 19.9. The number of imidazole rings is 4. The Hall–Kier alpha value is -8.84. The van der Waals surface area contributed by atoms with Crippen LogP contribution in [0.1, 0.15) is 45.0 Å². The van der Waals surface area contributed by atoms with Gasteiger partial charge < -0.3 is 38.9 Å². The van der Waals surface area contributed by atoms with E-state index in [2.05, 4.69) is 59.8 Å². The largest absolute Gasteiger partial charge is 0.497 e. The van der Waals surface area contributed by atoms with Gasteiger partial charge in [0.1, 0.15) is 23.0 Å². The van der Waals surface area contributed by atoms with Crippen LogP contribution in [-0.4, -0.2) is 105 Å². The number of pyridine rings is 4. The SMILES string of the molecule is COc1ccc2nc(S(=O)Cc3ncc(C)c(OC)c3C)[nH]c2c1.COc1ccc2nc(S(=O)Cc3ncc(C)c(OC)c3C)[nH]c2c1.O=S(Cc1ccccn1)c1nc2ccccc2[nH]1.O=S(Cc1ccccn1)c1nc2ccccc2[nH]1. The molecule has 0 aliphatic rings. The first-order chi connectivity index (χ1) is 40.7. The van der Waals surface area contributed by atoms with Gasteiger partial charge in [-0.15, -0.1) is 0 Å². The lowest BCUT2D eigenvalue weighted by Gasteiger charge is -2.11. The van der Waals surface area contributed by atoms with Gasteiger partial charge in [-0.3, -0.25) is 36.8 Å². The van der Waals surface area contributed by atoms with Gasteiger partial charge in [-0.2, -0.15) is 0 Å². The number of methoxy groups -OCH3 is 4. The highest BCUT2D eigenvalue weighted by atomic mass is 32.2. The molecule has 4 unspecified atom stereocenters. The molecule has 4 aromatic carbocycles. The molecule has 24 heteroatoms. The van der Waals surface area contributed by atoms with Gasteiger partial charge in [0.25, 0.3) is 0 Å². The van der Waals surface area contributed by atoms with Crippen LogP contribution in [0.5, 0.6) is 23.0 Å². The summed E-state index contributed by atoms with van der Waals surface area (Å²) in [5, 5.41) is 1.86. The molecule has 4 atom stereocenters. The fraction of sp³-hybridized carbons (Fsp3) is 0.200. The molecule has 0 amide bonds. The predicted octanol–water partition coefficient (Wildman–Crippen LogP) is 10.3. The fourth-order valence-electron chi connectivity index (χ4n) is 8.67. The van der Waals surface area contributed by atoms with Crippen molar-refractivity contribution in [2.45, 2.75) is 71.3 Å². The van der Waals surface area contributed by atoms with Crippen molar-refractivity contribution in [2.75, 3.05) is 28.4 Å². The summed E-state index contributed by atoms with van der Waals surface area (Å²) in [6, 6.07) is 37.5. The minimum atomic E-state index is -1.33. The Morgan fingerprint density at radius 3 is 1.07 bits per heavy atom. The first-order valence-electron chi connectivity index (χ1n) is 26.0. The summed E-state index contributed by atoms with van der Waals surface area (Å²) in [6.45, 7) is 7.72. The lowest BCUT2D eigenvalue weighted by molar-refractivity contribution is 0.407. The summed E-state index contributed by atoms with van der Waals surface area (Å²) in [7, 11) is 1.42. The highest BCUT2D eigenvalue weighted by Gasteiger charge is 2.19. The smallest absolute Gasteiger partial charge is 0.197 e. The van der Waals surface area contributed by atoms with Gasteiger partial charge in [0, 0.05) is 59.2 Å². The molecule has 0 saturated heterocycles. The van der Waals surface area contributed by atoms with Crippen molar-refractivity contribution in [2.24, 2.45) is 0 Å². The van der Waals surface area contributed by atoms with Crippen LogP contribution in [0, 0.1) is 27.7 Å². The van der Waals surface area contributed by atoms with Crippen LogP contribution in [0.4, 0.5) is 0 Å². The van der Waals surface area contributed by atoms with Crippen LogP contribution in [-0.2, 0) is 66.2 Å². The number of nitrogens with one attached hydrogen (secondary N) is 4. The summed E-state index contributed by atoms with van der Waals surface area (Å²) in [5.41, 5.74) is 13.4. The molecule has 0 bridgehead atoms. The molecule has 84 heavy (non-hydrogen) atoms. The van der Waals surface area contributed by atoms with Gasteiger partial charge in [-0.1, -0.05) is 36.4 Å². The van der Waals surface area contributed by atoms with Gasteiger partial charge in [0.15, 0.2) is 20.6 Å². The second kappa shape index (κ2) is 28.0. The molecule has 0 aliphatic heterocycles. The maximum atomic E-state index is 12.7. The molecular weight excluding hydrogens is 1150 g/mol. The van der Waals surface area contributed by atoms with E-state index in [0.29, 0.717) is 32.1 Å². The first kappa shape index (κ1) is 59.8. The minimum Gasteiger partial charge on any atom is -0.497 e. The number of para-hydroxylation sites is 4. The number of nitrogens with zero attached hydrogens (tertiary/aromatic N) is 8. The number of ether oxygens (including phenoxy) is 4. The third-order valence-corrected chi connectivity index (χ3v) is 17.7. The lowest BCUT2D eigenvalue weighted by atomic mass is 10.1. The number of aromatic amines is 4. The predicted molar refractivity (Wildman–Crippen MR) is 327 cm³/mol. The Morgan fingerprint density at radius 2 is 0.726 bits per heavy atom. The van der Waals surface area contributed by atoms with Gasteiger partial charge in [0.05, 0.1) is 162 Å². The maximum absolute atomic E-state index is 12.7. The summed E-state index contributed by atoms with van der Waals surface area (Å²) in [4.78, 5) is 46.9. The standard InChI is InChI=1S/2C17H19N3O3S.2C13H11N3OS/c2*1-10-8-18-15(11(2)16(10)23-4)9-24(21)17-19-13-6-5-12(22-3)7-14(13)20-17;2*17-18(9-10-5-3-4-8-14-10)13-15-11-6-1-2-7-12(11)16-13/h2*5-8H,9H2,1-4H3,(H,19,20);2*1-8H,9H2,(H,15,16). The van der Waals surface area contributed by atoms with E-state index in [1.54, 1.807) is 53.2 Å². The van der Waals surface area contributed by atoms with Crippen molar-refractivity contribution in [3.8, 4) is 23.0 Å². The van der Waals surface area contributed by atoms with Crippen LogP contribution in [0.15, 0.2) is 167 Å². The van der Waals surface area contributed by atoms with E-state index in [4.69, 9.17) is 18.9 Å². The molecular formula is C60H60N12O8S4. The molecule has 0 aliphatic carbocycles. The molecule has 0 spiro atoms. The number of hydrogen-bond donors (Lipinski definition) is 4. The van der Waals surface area contributed by atoms with Crippen molar-refractivity contribution >= 4 is 87.3 Å². The van der Waals surface area contributed by atoms with E-state index in [1.165, 1.54) is 0 Å². The molecule has 8 aromatic heterocycles. The number of benzene rings is 4. The monoisotopic (exact) mass is 1200 g/mol. The van der Waals surface area contributed by atoms with Gasteiger partial charge in [-0.25, -0.2) is 19.9 Å². The average Bonchev–Trinajstić information content (AvgIpc) is 4.09. The average molecular weight is 1210 g/mol. The number of aryl methyl sites for hydroxylation is 2. The molecule has 12 aromatic rings. The molecule has 0 radical (unpaired) electrons. The van der Waals surface area contributed by atoms with Crippen LogP contribution in [0.3, 0.4) is 0 Å². The van der Waals surface area contributed by atoms with E-state index >= 15 is 0 Å². The third kappa shape index (κ3) is 14.7. The van der Waals surface area contributed by atoms with Gasteiger partial charge in [0.2, 0.25) is 0 Å². The topological polar surface area (TPSA) is 271 Å². The van der Waals surface area contributed by atoms with E-state index in [9.17, 15) is 16.8 Å². The highest BCUT2D eigenvalue weighted by Crippen LogP contribution is 2.29. The Labute approximate surface area is 493 Å². The Balaban J connectivity index is 0.000000135. The number of fused-ring (bicyclic) bond motifs is 4. The van der Waals surface area contributed by atoms with E-state index in [0.717, 1.165) is 112 Å². The molecule has 4 N–H and O–H groups in total. The summed E-state index contributed by atoms with van der Waals surface area (Å²) in [6.07, 6.45) is 6.88. The third-order valence-electron chi connectivity index (χ3n) is 13.0. The molecule has 12 rings (SSSR count). The second-order valence-corrected chi connectivity index (χ2v) is 24.1. The molecule has 432 valence electrons. The fourth-order valence-corrected chi connectivity index (χ4v) is 12.9. The number of rotatable bonds is 16. The molecule has 0 fully saturated rings. The van der Waals surface area contributed by atoms with Crippen molar-refractivity contribution < 1.29 is 35.8 Å². The minimum absolute atomic E-state index is 0.277. The van der Waals surface area contributed by atoms with Gasteiger partial charge in [-0.05, 0) is 100 Å². The van der Waals surface area contributed by atoms with Crippen LogP contribution < -0.4 is 18.9 Å². The Bertz CT molecular complexity index is 3980. The summed E-state index contributed by atoms with van der Waals surface area (Å²) < 4.78 is 70.9. The van der Waals surface area contributed by atoms with Crippen LogP contribution in [0.2, 0.25) is 0 Å². The summed E-state index contributed by atoms with van der Waals surface area (Å²) >= 11 is 0. The molecule has 8 heterocycles. The van der Waals surface area contributed by atoms with Gasteiger partial charge >= 0.3 is 0 Å². The van der Waals surface area contributed by atoms with Crippen LogP contribution >= 0.6 is 0 Å².